The smallest absolute Gasteiger partial charge is 0.282 e. The number of amides is 1. The van der Waals surface area contributed by atoms with Gasteiger partial charge in [-0.1, -0.05) is 24.6 Å². The van der Waals surface area contributed by atoms with E-state index >= 15 is 0 Å². The van der Waals surface area contributed by atoms with Crippen LogP contribution in [0.25, 0.3) is 10.2 Å². The first kappa shape index (κ1) is 21.5. The second kappa shape index (κ2) is 8.82. The molecule has 0 aliphatic heterocycles. The third-order valence-electron chi connectivity index (χ3n) is 5.09. The molecule has 5 nitrogen and oxygen atoms in total. The quantitative estimate of drug-likeness (QED) is 0.499. The number of hydrogen-bond donors (Lipinski definition) is 2. The zero-order valence-corrected chi connectivity index (χ0v) is 19.3. The third-order valence-corrected chi connectivity index (χ3v) is 7.88. The number of nitrogens with zero attached hydrogens (tertiary/aromatic N) is 1. The summed E-state index contributed by atoms with van der Waals surface area (Å²) >= 11 is 14.2. The van der Waals surface area contributed by atoms with E-state index in [0.717, 1.165) is 39.9 Å². The molecule has 1 atom stereocenters. The van der Waals surface area contributed by atoms with Crippen LogP contribution in [0.2, 0.25) is 5.02 Å². The van der Waals surface area contributed by atoms with Gasteiger partial charge in [-0.05, 0) is 60.7 Å². The lowest BCUT2D eigenvalue weighted by molar-refractivity contribution is -0.114. The van der Waals surface area contributed by atoms with E-state index < -0.39 is 5.82 Å². The molecule has 1 aromatic carbocycles. The van der Waals surface area contributed by atoms with Crippen LogP contribution >= 0.6 is 46.9 Å². The van der Waals surface area contributed by atoms with Crippen LogP contribution in [0, 0.1) is 16.5 Å². The maximum Gasteiger partial charge on any atom is 0.282 e. The first-order valence-electron chi connectivity index (χ1n) is 9.44. The number of aromatic amines is 1. The predicted octanol–water partition coefficient (Wildman–Crippen LogP) is 5.04. The minimum Gasteiger partial charge on any atom is -0.322 e. The summed E-state index contributed by atoms with van der Waals surface area (Å²) in [6, 6.07) is 4.17. The highest BCUT2D eigenvalue weighted by Gasteiger charge is 2.23. The maximum atomic E-state index is 13.1. The van der Waals surface area contributed by atoms with Gasteiger partial charge in [-0.25, -0.2) is 4.39 Å². The molecule has 0 bridgehead atoms. The number of carbonyl (C=O) groups is 1. The van der Waals surface area contributed by atoms with E-state index in [1.165, 1.54) is 28.8 Å². The molecule has 10 heteroatoms. The standard InChI is InChI=1S/C20H19ClFN3O2S3/c1-10-2-5-13-15(6-10)30-18-17(13)19(27)25(20(28)23-18)24-16(26)9-29-8-11-3-4-12(22)7-14(11)21/h3-4,7,10H,2,5-6,8-9H2,1H3,(H,23,28)(H,24,26). The van der Waals surface area contributed by atoms with E-state index in [2.05, 4.69) is 17.3 Å². The topological polar surface area (TPSA) is 66.9 Å². The normalized spacial score (nSPS) is 15.9. The maximum absolute atomic E-state index is 13.1. The molecule has 30 heavy (non-hydrogen) atoms. The molecule has 3 aromatic rings. The van der Waals surface area contributed by atoms with Gasteiger partial charge in [0.1, 0.15) is 10.6 Å². The second-order valence-electron chi connectivity index (χ2n) is 7.39. The van der Waals surface area contributed by atoms with Gasteiger partial charge in [-0.3, -0.25) is 15.0 Å². The van der Waals surface area contributed by atoms with Crippen molar-refractivity contribution < 1.29 is 9.18 Å². The molecule has 0 spiro atoms. The number of rotatable bonds is 5. The number of aryl methyl sites for hydroxylation is 1. The van der Waals surface area contributed by atoms with Gasteiger partial charge in [-0.15, -0.1) is 23.1 Å². The molecule has 4 rings (SSSR count). The monoisotopic (exact) mass is 483 g/mol. The van der Waals surface area contributed by atoms with E-state index in [1.54, 1.807) is 17.4 Å². The fraction of sp³-hybridized carbons (Fsp3) is 0.350. The van der Waals surface area contributed by atoms with Gasteiger partial charge < -0.3 is 4.98 Å². The Bertz CT molecular complexity index is 1250. The highest BCUT2D eigenvalue weighted by atomic mass is 35.5. The number of thioether (sulfide) groups is 1. The van der Waals surface area contributed by atoms with Crippen molar-refractivity contribution in [3.05, 3.63) is 60.2 Å². The van der Waals surface area contributed by atoms with Crippen LogP contribution in [-0.2, 0) is 23.4 Å². The summed E-state index contributed by atoms with van der Waals surface area (Å²) in [7, 11) is 0. The van der Waals surface area contributed by atoms with Crippen molar-refractivity contribution >= 4 is 63.0 Å². The van der Waals surface area contributed by atoms with E-state index in [1.807, 2.05) is 0 Å². The largest absolute Gasteiger partial charge is 0.322 e. The second-order valence-corrected chi connectivity index (χ2v) is 10.3. The molecule has 2 aromatic heterocycles. The number of nitrogens with one attached hydrogen (secondary N) is 2. The zero-order chi connectivity index (χ0) is 21.4. The molecule has 0 radical (unpaired) electrons. The molecule has 158 valence electrons. The highest BCUT2D eigenvalue weighted by Crippen LogP contribution is 2.35. The van der Waals surface area contributed by atoms with Crippen molar-refractivity contribution in [3.63, 3.8) is 0 Å². The van der Waals surface area contributed by atoms with Crippen LogP contribution in [0.1, 0.15) is 29.3 Å². The van der Waals surface area contributed by atoms with Gasteiger partial charge >= 0.3 is 0 Å². The summed E-state index contributed by atoms with van der Waals surface area (Å²) in [5, 5.41) is 0.949. The fourth-order valence-corrected chi connectivity index (χ4v) is 6.41. The van der Waals surface area contributed by atoms with Crippen LogP contribution in [-0.4, -0.2) is 21.3 Å². The molecule has 1 aliphatic rings. The molecular weight excluding hydrogens is 465 g/mol. The minimum atomic E-state index is -0.402. The van der Waals surface area contributed by atoms with Crippen LogP contribution in [0.5, 0.6) is 0 Å². The molecule has 0 fully saturated rings. The van der Waals surface area contributed by atoms with Gasteiger partial charge in [-0.2, -0.15) is 4.68 Å². The molecule has 1 amide bonds. The molecule has 0 saturated carbocycles. The van der Waals surface area contributed by atoms with Gasteiger partial charge in [0, 0.05) is 15.7 Å². The minimum absolute atomic E-state index is 0.103. The van der Waals surface area contributed by atoms with Crippen molar-refractivity contribution in [3.8, 4) is 0 Å². The lowest BCUT2D eigenvalue weighted by atomic mass is 9.89. The van der Waals surface area contributed by atoms with E-state index in [-0.39, 0.29) is 22.0 Å². The first-order valence-corrected chi connectivity index (χ1v) is 12.2. The Hall–Kier alpha value is -1.68. The predicted molar refractivity (Wildman–Crippen MR) is 124 cm³/mol. The van der Waals surface area contributed by atoms with Crippen LogP contribution in [0.3, 0.4) is 0 Å². The molecule has 1 unspecified atom stereocenters. The SMILES string of the molecule is CC1CCc2c(sc3[nH]c(=S)n(NC(=O)CSCc4ccc(F)cc4Cl)c(=O)c23)C1. The average Bonchev–Trinajstić information content (AvgIpc) is 3.03. The average molecular weight is 484 g/mol. The Kier molecular flexibility index (Phi) is 6.34. The molecule has 2 N–H and O–H groups in total. The highest BCUT2D eigenvalue weighted by molar-refractivity contribution is 7.99. The number of carbonyl (C=O) groups excluding carboxylic acids is 1. The van der Waals surface area contributed by atoms with E-state index in [9.17, 15) is 14.0 Å². The van der Waals surface area contributed by atoms with Gasteiger partial charge in [0.05, 0.1) is 11.1 Å². The summed E-state index contributed by atoms with van der Waals surface area (Å²) in [5.74, 6) is 0.398. The molecule has 0 saturated heterocycles. The Balaban J connectivity index is 1.50. The summed E-state index contributed by atoms with van der Waals surface area (Å²) in [5.41, 5.74) is 4.13. The molecule has 1 aliphatic carbocycles. The molecule has 2 heterocycles. The number of H-pyrrole nitrogens is 1. The Morgan fingerprint density at radius 1 is 1.50 bits per heavy atom. The summed E-state index contributed by atoms with van der Waals surface area (Å²) in [6.07, 6.45) is 2.87. The Labute approximate surface area is 190 Å². The zero-order valence-electron chi connectivity index (χ0n) is 16.1. The van der Waals surface area contributed by atoms with Crippen molar-refractivity contribution in [1.29, 1.82) is 0 Å². The van der Waals surface area contributed by atoms with Crippen molar-refractivity contribution in [1.82, 2.24) is 9.66 Å². The summed E-state index contributed by atoms with van der Waals surface area (Å²) in [6.45, 7) is 2.21. The number of halogens is 2. The van der Waals surface area contributed by atoms with Gasteiger partial charge in [0.2, 0.25) is 10.7 Å². The number of aromatic nitrogens is 2. The van der Waals surface area contributed by atoms with Gasteiger partial charge in [0.15, 0.2) is 0 Å². The van der Waals surface area contributed by atoms with Gasteiger partial charge in [0.25, 0.3) is 5.56 Å². The fourth-order valence-electron chi connectivity index (χ4n) is 3.57. The number of hydrogen-bond acceptors (Lipinski definition) is 5. The van der Waals surface area contributed by atoms with Crippen LogP contribution < -0.4 is 11.0 Å². The number of thiophene rings is 1. The van der Waals surface area contributed by atoms with Crippen LogP contribution in [0.4, 0.5) is 4.39 Å². The number of fused-ring (bicyclic) bond motifs is 3. The first-order chi connectivity index (χ1) is 14.3. The summed E-state index contributed by atoms with van der Waals surface area (Å²) in [4.78, 5) is 30.6. The van der Waals surface area contributed by atoms with Crippen molar-refractivity contribution in [2.45, 2.75) is 31.9 Å². The number of benzene rings is 1. The lowest BCUT2D eigenvalue weighted by Crippen LogP contribution is -2.35. The summed E-state index contributed by atoms with van der Waals surface area (Å²) < 4.78 is 14.4. The Morgan fingerprint density at radius 2 is 2.30 bits per heavy atom. The van der Waals surface area contributed by atoms with Crippen molar-refractivity contribution in [2.75, 3.05) is 11.2 Å². The molecular formula is C20H19ClFN3O2S3. The Morgan fingerprint density at radius 3 is 3.07 bits per heavy atom. The van der Waals surface area contributed by atoms with E-state index in [0.29, 0.717) is 22.1 Å². The third kappa shape index (κ3) is 4.34. The van der Waals surface area contributed by atoms with Crippen LogP contribution in [0.15, 0.2) is 23.0 Å². The van der Waals surface area contributed by atoms with E-state index in [4.69, 9.17) is 23.8 Å². The van der Waals surface area contributed by atoms with Crippen molar-refractivity contribution in [2.24, 2.45) is 5.92 Å². The lowest BCUT2D eigenvalue weighted by Gasteiger charge is -2.17.